The number of nitro groups is 1. The summed E-state index contributed by atoms with van der Waals surface area (Å²) in [5, 5.41) is 14.1. The van der Waals surface area contributed by atoms with E-state index in [-0.39, 0.29) is 16.5 Å². The minimum Gasteiger partial charge on any atom is -0.366 e. The molecule has 1 heterocycles. The van der Waals surface area contributed by atoms with Crippen molar-refractivity contribution in [1.29, 1.82) is 0 Å². The third kappa shape index (κ3) is 3.75. The summed E-state index contributed by atoms with van der Waals surface area (Å²) >= 11 is 0. The van der Waals surface area contributed by atoms with Gasteiger partial charge in [-0.25, -0.2) is 9.97 Å². The predicted molar refractivity (Wildman–Crippen MR) is 81.3 cm³/mol. The van der Waals surface area contributed by atoms with E-state index in [1.165, 1.54) is 6.07 Å². The Bertz CT molecular complexity index is 656. The van der Waals surface area contributed by atoms with Gasteiger partial charge < -0.3 is 5.32 Å². The monoisotopic (exact) mass is 286 g/mol. The van der Waals surface area contributed by atoms with Crippen LogP contribution >= 0.6 is 0 Å². The van der Waals surface area contributed by atoms with Crippen LogP contribution in [0.25, 0.3) is 0 Å². The molecule has 0 aliphatic heterocycles. The maximum atomic E-state index is 11.0. The van der Waals surface area contributed by atoms with Crippen molar-refractivity contribution in [2.45, 2.75) is 33.2 Å². The van der Waals surface area contributed by atoms with Crippen LogP contribution in [0.1, 0.15) is 36.8 Å². The van der Waals surface area contributed by atoms with Crippen LogP contribution in [0.5, 0.6) is 0 Å². The minimum absolute atomic E-state index is 0.111. The quantitative estimate of drug-likeness (QED) is 0.672. The summed E-state index contributed by atoms with van der Waals surface area (Å²) in [5.41, 5.74) is 1.61. The Morgan fingerprint density at radius 1 is 1.29 bits per heavy atom. The lowest BCUT2D eigenvalue weighted by Gasteiger charge is -2.10. The van der Waals surface area contributed by atoms with Gasteiger partial charge in [-0.1, -0.05) is 32.0 Å². The van der Waals surface area contributed by atoms with Gasteiger partial charge in [-0.05, 0) is 6.92 Å². The van der Waals surface area contributed by atoms with Gasteiger partial charge in [-0.2, -0.15) is 0 Å². The van der Waals surface area contributed by atoms with E-state index in [4.69, 9.17) is 0 Å². The molecule has 0 radical (unpaired) electrons. The average molecular weight is 286 g/mol. The zero-order valence-corrected chi connectivity index (χ0v) is 12.3. The first-order valence-corrected chi connectivity index (χ1v) is 6.79. The molecule has 0 bridgehead atoms. The van der Waals surface area contributed by atoms with Crippen LogP contribution in [0.15, 0.2) is 30.3 Å². The summed E-state index contributed by atoms with van der Waals surface area (Å²) in [4.78, 5) is 19.4. The molecule has 0 spiro atoms. The largest absolute Gasteiger partial charge is 0.366 e. The van der Waals surface area contributed by atoms with Gasteiger partial charge in [0.25, 0.3) is 5.69 Å². The first-order chi connectivity index (χ1) is 9.97. The number of nitrogens with one attached hydrogen (secondary N) is 1. The normalized spacial score (nSPS) is 10.7. The summed E-state index contributed by atoms with van der Waals surface area (Å²) < 4.78 is 0. The Kier molecular flexibility index (Phi) is 4.47. The fraction of sp³-hybridized carbons (Fsp3) is 0.333. The topological polar surface area (TPSA) is 81.0 Å². The van der Waals surface area contributed by atoms with Crippen LogP contribution in [0.2, 0.25) is 0 Å². The molecule has 0 aliphatic carbocycles. The number of aromatic nitrogens is 2. The SMILES string of the molecule is Cc1cc(NCc2ccccc2[N+](=O)[O-])nc(C(C)C)n1. The maximum absolute atomic E-state index is 11.0. The highest BCUT2D eigenvalue weighted by atomic mass is 16.6. The van der Waals surface area contributed by atoms with E-state index >= 15 is 0 Å². The molecule has 0 atom stereocenters. The van der Waals surface area contributed by atoms with E-state index < -0.39 is 0 Å². The molecule has 0 amide bonds. The molecule has 1 N–H and O–H groups in total. The third-order valence-electron chi connectivity index (χ3n) is 3.04. The third-order valence-corrected chi connectivity index (χ3v) is 3.04. The molecule has 110 valence electrons. The van der Waals surface area contributed by atoms with Crippen molar-refractivity contribution >= 4 is 11.5 Å². The number of hydrogen-bond donors (Lipinski definition) is 1. The number of anilines is 1. The second-order valence-electron chi connectivity index (χ2n) is 5.15. The summed E-state index contributed by atoms with van der Waals surface area (Å²) in [6.07, 6.45) is 0. The molecular weight excluding hydrogens is 268 g/mol. The number of nitro benzene ring substituents is 1. The van der Waals surface area contributed by atoms with E-state index in [1.54, 1.807) is 18.2 Å². The summed E-state index contributed by atoms with van der Waals surface area (Å²) in [7, 11) is 0. The zero-order valence-electron chi connectivity index (χ0n) is 12.3. The lowest BCUT2D eigenvalue weighted by Crippen LogP contribution is -2.07. The Labute approximate surface area is 123 Å². The molecule has 0 saturated heterocycles. The molecule has 1 aromatic carbocycles. The zero-order chi connectivity index (χ0) is 15.4. The highest BCUT2D eigenvalue weighted by Gasteiger charge is 2.12. The number of benzene rings is 1. The molecule has 0 saturated carbocycles. The maximum Gasteiger partial charge on any atom is 0.274 e. The van der Waals surface area contributed by atoms with Crippen molar-refractivity contribution in [2.24, 2.45) is 0 Å². The fourth-order valence-corrected chi connectivity index (χ4v) is 1.96. The van der Waals surface area contributed by atoms with Gasteiger partial charge in [0.2, 0.25) is 0 Å². The second-order valence-corrected chi connectivity index (χ2v) is 5.15. The van der Waals surface area contributed by atoms with Crippen LogP contribution in [0.3, 0.4) is 0 Å². The number of para-hydroxylation sites is 1. The van der Waals surface area contributed by atoms with E-state index in [2.05, 4.69) is 15.3 Å². The molecule has 6 nitrogen and oxygen atoms in total. The molecular formula is C15H18N4O2. The molecule has 21 heavy (non-hydrogen) atoms. The number of nitrogens with zero attached hydrogens (tertiary/aromatic N) is 3. The van der Waals surface area contributed by atoms with Crippen molar-refractivity contribution in [3.05, 3.63) is 57.5 Å². The Morgan fingerprint density at radius 3 is 2.67 bits per heavy atom. The average Bonchev–Trinajstić information content (AvgIpc) is 2.44. The molecule has 0 aliphatic rings. The van der Waals surface area contributed by atoms with Crippen LogP contribution in [0, 0.1) is 17.0 Å². The molecule has 6 heteroatoms. The van der Waals surface area contributed by atoms with E-state index in [1.807, 2.05) is 26.8 Å². The van der Waals surface area contributed by atoms with Crippen LogP contribution in [-0.4, -0.2) is 14.9 Å². The Morgan fingerprint density at radius 2 is 2.00 bits per heavy atom. The number of hydrogen-bond acceptors (Lipinski definition) is 5. The van der Waals surface area contributed by atoms with Gasteiger partial charge in [0.05, 0.1) is 4.92 Å². The van der Waals surface area contributed by atoms with Gasteiger partial charge in [0.1, 0.15) is 11.6 Å². The molecule has 2 rings (SSSR count). The summed E-state index contributed by atoms with van der Waals surface area (Å²) in [5.74, 6) is 1.68. The van der Waals surface area contributed by atoms with Crippen LogP contribution < -0.4 is 5.32 Å². The lowest BCUT2D eigenvalue weighted by atomic mass is 10.2. The Hall–Kier alpha value is -2.50. The van der Waals surface area contributed by atoms with Crippen molar-refractivity contribution in [1.82, 2.24) is 9.97 Å². The fourth-order valence-electron chi connectivity index (χ4n) is 1.96. The van der Waals surface area contributed by atoms with E-state index in [9.17, 15) is 10.1 Å². The van der Waals surface area contributed by atoms with Gasteiger partial charge in [-0.3, -0.25) is 10.1 Å². The lowest BCUT2D eigenvalue weighted by molar-refractivity contribution is -0.385. The van der Waals surface area contributed by atoms with Gasteiger partial charge >= 0.3 is 0 Å². The minimum atomic E-state index is -0.373. The summed E-state index contributed by atoms with van der Waals surface area (Å²) in [6, 6.07) is 8.52. The standard InChI is InChI=1S/C15H18N4O2/c1-10(2)15-17-11(3)8-14(18-15)16-9-12-6-4-5-7-13(12)19(20)21/h4-8,10H,9H2,1-3H3,(H,16,17,18). The van der Waals surface area contributed by atoms with Gasteiger partial charge in [0.15, 0.2) is 0 Å². The number of aryl methyl sites for hydroxylation is 1. The smallest absolute Gasteiger partial charge is 0.274 e. The Balaban J connectivity index is 2.19. The second kappa shape index (κ2) is 6.30. The van der Waals surface area contributed by atoms with Crippen molar-refractivity contribution in [2.75, 3.05) is 5.32 Å². The van der Waals surface area contributed by atoms with Gasteiger partial charge in [-0.15, -0.1) is 0 Å². The van der Waals surface area contributed by atoms with Crippen molar-refractivity contribution in [3.8, 4) is 0 Å². The van der Waals surface area contributed by atoms with Crippen molar-refractivity contribution < 1.29 is 4.92 Å². The molecule has 1 aromatic heterocycles. The summed E-state index contributed by atoms with van der Waals surface area (Å²) in [6.45, 7) is 6.32. The molecule has 0 fully saturated rings. The molecule has 2 aromatic rings. The van der Waals surface area contributed by atoms with E-state index in [0.717, 1.165) is 11.5 Å². The highest BCUT2D eigenvalue weighted by Crippen LogP contribution is 2.19. The molecule has 0 unspecified atom stereocenters. The number of rotatable bonds is 5. The highest BCUT2D eigenvalue weighted by molar-refractivity contribution is 5.44. The first kappa shape index (κ1) is 14.9. The van der Waals surface area contributed by atoms with Crippen LogP contribution in [0.4, 0.5) is 11.5 Å². The van der Waals surface area contributed by atoms with Crippen molar-refractivity contribution in [3.63, 3.8) is 0 Å². The van der Waals surface area contributed by atoms with Crippen LogP contribution in [-0.2, 0) is 6.54 Å². The van der Waals surface area contributed by atoms with E-state index in [0.29, 0.717) is 17.9 Å². The van der Waals surface area contributed by atoms with Gasteiger partial charge in [0, 0.05) is 35.9 Å². The predicted octanol–water partition coefficient (Wildman–Crippen LogP) is 3.43. The first-order valence-electron chi connectivity index (χ1n) is 6.79.